The highest BCUT2D eigenvalue weighted by Gasteiger charge is 2.16. The molecule has 6 nitrogen and oxygen atoms in total. The van der Waals surface area contributed by atoms with Gasteiger partial charge in [-0.3, -0.25) is 9.59 Å². The van der Waals surface area contributed by atoms with Gasteiger partial charge in [0.05, 0.1) is 11.3 Å². The first-order chi connectivity index (χ1) is 11.0. The zero-order valence-electron chi connectivity index (χ0n) is 13.0. The zero-order valence-corrected chi connectivity index (χ0v) is 13.8. The highest BCUT2D eigenvalue weighted by Crippen LogP contribution is 2.24. The first-order valence-electron chi connectivity index (χ1n) is 7.32. The minimum atomic E-state index is -0.363. The number of hydrogen-bond acceptors (Lipinski definition) is 5. The predicted octanol–water partition coefficient (Wildman–Crippen LogP) is 2.72. The standard InChI is InChI=1S/C16H19N3O3S/c1-3-10(2)13-14(21)18-16(19-15(13)22)23-9-12(20)17-11-7-5-4-6-8-11/h4-8,10H,3,9H2,1-2H3,(H,17,20)(H2,18,19,21,22)/t10-/m0/s1. The van der Waals surface area contributed by atoms with Gasteiger partial charge in [0.25, 0.3) is 5.56 Å². The summed E-state index contributed by atoms with van der Waals surface area (Å²) in [6.45, 7) is 3.78. The van der Waals surface area contributed by atoms with Crippen LogP contribution in [0.3, 0.4) is 0 Å². The van der Waals surface area contributed by atoms with E-state index in [1.807, 2.05) is 32.0 Å². The molecular formula is C16H19N3O3S. The van der Waals surface area contributed by atoms with Crippen LogP contribution in [0.2, 0.25) is 0 Å². The number of rotatable bonds is 6. The summed E-state index contributed by atoms with van der Waals surface area (Å²) in [5, 5.41) is 12.9. The molecule has 2 rings (SSSR count). The zero-order chi connectivity index (χ0) is 16.8. The van der Waals surface area contributed by atoms with Crippen LogP contribution in [0.4, 0.5) is 5.69 Å². The van der Waals surface area contributed by atoms with Crippen LogP contribution in [-0.2, 0) is 4.79 Å². The molecule has 1 heterocycles. The van der Waals surface area contributed by atoms with Crippen LogP contribution in [0.15, 0.2) is 40.3 Å². The number of benzene rings is 1. The van der Waals surface area contributed by atoms with Gasteiger partial charge in [-0.1, -0.05) is 43.8 Å². The van der Waals surface area contributed by atoms with Crippen molar-refractivity contribution in [2.75, 3.05) is 11.1 Å². The van der Waals surface area contributed by atoms with Gasteiger partial charge in [-0.05, 0) is 24.5 Å². The number of aromatic amines is 1. The maximum absolute atomic E-state index is 12.0. The fraction of sp³-hybridized carbons (Fsp3) is 0.312. The van der Waals surface area contributed by atoms with E-state index < -0.39 is 0 Å². The number of nitrogens with one attached hydrogen (secondary N) is 2. The van der Waals surface area contributed by atoms with Gasteiger partial charge in [0.2, 0.25) is 11.8 Å². The van der Waals surface area contributed by atoms with Gasteiger partial charge in [0.1, 0.15) is 0 Å². The molecule has 23 heavy (non-hydrogen) atoms. The van der Waals surface area contributed by atoms with Crippen molar-refractivity contribution in [3.05, 3.63) is 46.2 Å². The molecule has 7 heteroatoms. The summed E-state index contributed by atoms with van der Waals surface area (Å²) in [6.07, 6.45) is 0.726. The quantitative estimate of drug-likeness (QED) is 0.558. The minimum Gasteiger partial charge on any atom is -0.493 e. The van der Waals surface area contributed by atoms with Gasteiger partial charge < -0.3 is 15.4 Å². The lowest BCUT2D eigenvalue weighted by molar-refractivity contribution is -0.113. The summed E-state index contributed by atoms with van der Waals surface area (Å²) in [5.41, 5.74) is 0.623. The monoisotopic (exact) mass is 333 g/mol. The molecule has 0 saturated heterocycles. The summed E-state index contributed by atoms with van der Waals surface area (Å²) >= 11 is 1.07. The van der Waals surface area contributed by atoms with E-state index in [-0.39, 0.29) is 39.7 Å². The van der Waals surface area contributed by atoms with Crippen molar-refractivity contribution in [3.63, 3.8) is 0 Å². The van der Waals surface area contributed by atoms with Crippen molar-refractivity contribution in [1.29, 1.82) is 0 Å². The molecular weight excluding hydrogens is 314 g/mol. The minimum absolute atomic E-state index is 0.0771. The molecule has 1 atom stereocenters. The van der Waals surface area contributed by atoms with Gasteiger partial charge in [-0.2, -0.15) is 4.98 Å². The maximum Gasteiger partial charge on any atom is 0.258 e. The topological polar surface area (TPSA) is 95.1 Å². The summed E-state index contributed by atoms with van der Waals surface area (Å²) in [4.78, 5) is 30.5. The Labute approximate surface area is 138 Å². The van der Waals surface area contributed by atoms with Crippen LogP contribution < -0.4 is 10.9 Å². The summed E-state index contributed by atoms with van der Waals surface area (Å²) in [6, 6.07) is 9.09. The van der Waals surface area contributed by atoms with E-state index in [2.05, 4.69) is 15.3 Å². The van der Waals surface area contributed by atoms with Crippen LogP contribution in [-0.4, -0.2) is 26.7 Å². The Morgan fingerprint density at radius 3 is 2.70 bits per heavy atom. The van der Waals surface area contributed by atoms with Crippen molar-refractivity contribution >= 4 is 23.4 Å². The van der Waals surface area contributed by atoms with E-state index in [1.54, 1.807) is 12.1 Å². The van der Waals surface area contributed by atoms with Crippen LogP contribution in [0.5, 0.6) is 5.88 Å². The van der Waals surface area contributed by atoms with Crippen LogP contribution >= 0.6 is 11.8 Å². The smallest absolute Gasteiger partial charge is 0.258 e. The molecule has 0 spiro atoms. The van der Waals surface area contributed by atoms with E-state index in [0.29, 0.717) is 5.69 Å². The predicted molar refractivity (Wildman–Crippen MR) is 91.0 cm³/mol. The van der Waals surface area contributed by atoms with Gasteiger partial charge >= 0.3 is 0 Å². The van der Waals surface area contributed by atoms with E-state index in [1.165, 1.54) is 0 Å². The third kappa shape index (κ3) is 4.59. The number of para-hydroxylation sites is 1. The highest BCUT2D eigenvalue weighted by molar-refractivity contribution is 7.99. The first-order valence-corrected chi connectivity index (χ1v) is 8.30. The normalized spacial score (nSPS) is 11.9. The second kappa shape index (κ2) is 7.82. The number of aromatic nitrogens is 2. The molecule has 2 aromatic rings. The highest BCUT2D eigenvalue weighted by atomic mass is 32.2. The van der Waals surface area contributed by atoms with Crippen molar-refractivity contribution in [2.24, 2.45) is 0 Å². The molecule has 1 aromatic carbocycles. The summed E-state index contributed by atoms with van der Waals surface area (Å²) in [7, 11) is 0. The number of carbonyl (C=O) groups is 1. The Morgan fingerprint density at radius 2 is 2.09 bits per heavy atom. The lowest BCUT2D eigenvalue weighted by Crippen LogP contribution is -2.18. The number of carbonyl (C=O) groups excluding carboxylic acids is 1. The molecule has 0 aliphatic rings. The number of anilines is 1. The molecule has 0 aliphatic heterocycles. The third-order valence-electron chi connectivity index (χ3n) is 3.42. The fourth-order valence-corrected chi connectivity index (χ4v) is 2.68. The Bertz CT molecular complexity index is 731. The Kier molecular flexibility index (Phi) is 5.81. The molecule has 3 N–H and O–H groups in total. The average molecular weight is 333 g/mol. The fourth-order valence-electron chi connectivity index (χ4n) is 2.02. The number of H-pyrrole nitrogens is 1. The SMILES string of the molecule is CC[C@H](C)c1c(O)nc(SCC(=O)Nc2ccccc2)[nH]c1=O. The molecule has 1 amide bonds. The molecule has 1 aromatic heterocycles. The second-order valence-electron chi connectivity index (χ2n) is 5.12. The summed E-state index contributed by atoms with van der Waals surface area (Å²) in [5.74, 6) is -0.477. The van der Waals surface area contributed by atoms with Gasteiger partial charge in [-0.25, -0.2) is 0 Å². The lowest BCUT2D eigenvalue weighted by Gasteiger charge is -2.10. The van der Waals surface area contributed by atoms with E-state index in [4.69, 9.17) is 0 Å². The molecule has 0 radical (unpaired) electrons. The summed E-state index contributed by atoms with van der Waals surface area (Å²) < 4.78 is 0. The largest absolute Gasteiger partial charge is 0.493 e. The molecule has 122 valence electrons. The van der Waals surface area contributed by atoms with Crippen molar-refractivity contribution < 1.29 is 9.90 Å². The number of amides is 1. The van der Waals surface area contributed by atoms with Crippen LogP contribution in [0.1, 0.15) is 31.7 Å². The molecule has 0 fully saturated rings. The van der Waals surface area contributed by atoms with E-state index in [0.717, 1.165) is 18.2 Å². The Hall–Kier alpha value is -2.28. The Balaban J connectivity index is 2.01. The molecule has 0 unspecified atom stereocenters. The van der Waals surface area contributed by atoms with Crippen molar-refractivity contribution in [3.8, 4) is 5.88 Å². The Morgan fingerprint density at radius 1 is 1.39 bits per heavy atom. The van der Waals surface area contributed by atoms with Crippen molar-refractivity contribution in [1.82, 2.24) is 9.97 Å². The van der Waals surface area contributed by atoms with Crippen LogP contribution in [0, 0.1) is 0 Å². The van der Waals surface area contributed by atoms with Crippen molar-refractivity contribution in [2.45, 2.75) is 31.3 Å². The van der Waals surface area contributed by atoms with E-state index in [9.17, 15) is 14.7 Å². The maximum atomic E-state index is 12.0. The molecule has 0 saturated carbocycles. The number of aromatic hydroxyl groups is 1. The molecule has 0 aliphatic carbocycles. The second-order valence-corrected chi connectivity index (χ2v) is 6.08. The van der Waals surface area contributed by atoms with Gasteiger partial charge in [0, 0.05) is 5.69 Å². The number of nitrogens with zero attached hydrogens (tertiary/aromatic N) is 1. The third-order valence-corrected chi connectivity index (χ3v) is 4.29. The number of hydrogen-bond donors (Lipinski definition) is 3. The van der Waals surface area contributed by atoms with Crippen LogP contribution in [0.25, 0.3) is 0 Å². The number of thioether (sulfide) groups is 1. The first kappa shape index (κ1) is 17.1. The van der Waals surface area contributed by atoms with Gasteiger partial charge in [-0.15, -0.1) is 0 Å². The van der Waals surface area contributed by atoms with Gasteiger partial charge in [0.15, 0.2) is 5.16 Å². The molecule has 0 bridgehead atoms. The lowest BCUT2D eigenvalue weighted by atomic mass is 10.0. The average Bonchev–Trinajstić information content (AvgIpc) is 2.53. The van der Waals surface area contributed by atoms with E-state index >= 15 is 0 Å².